The molecule has 1 heterocycles. The molecule has 0 bridgehead atoms. The fourth-order valence-electron chi connectivity index (χ4n) is 9.74. The van der Waals surface area contributed by atoms with Gasteiger partial charge < -0.3 is 0 Å². The lowest BCUT2D eigenvalue weighted by Crippen LogP contribution is -2.76. The maximum Gasteiger partial charge on any atom is 0.230 e. The Morgan fingerprint density at radius 2 is 0.617 bits per heavy atom. The van der Waals surface area contributed by atoms with Crippen molar-refractivity contribution in [3.63, 3.8) is 0 Å². The molecule has 0 aliphatic carbocycles. The maximum absolute atomic E-state index is 2.85. The maximum atomic E-state index is 2.85. The Bertz CT molecular complexity index is 1910. The van der Waals surface area contributed by atoms with Crippen LogP contribution >= 0.6 is 0 Å². The van der Waals surface area contributed by atoms with Crippen LogP contribution in [0.25, 0.3) is 0 Å². The topological polar surface area (TPSA) is 8.81 Å². The van der Waals surface area contributed by atoms with Gasteiger partial charge in [0.15, 0.2) is 0 Å². The zero-order valence-corrected chi connectivity index (χ0v) is 45.2. The quantitative estimate of drug-likeness (QED) is 0.0785. The zero-order chi connectivity index (χ0) is 45.6. The smallest absolute Gasteiger partial charge is 0.230 e. The molecule has 60 heavy (non-hydrogen) atoms. The van der Waals surface area contributed by atoms with Crippen LogP contribution in [0.2, 0.25) is 0 Å². The summed E-state index contributed by atoms with van der Waals surface area (Å²) < 4.78 is 5.69. The van der Waals surface area contributed by atoms with Crippen LogP contribution < -0.4 is 25.6 Å². The molecule has 0 amide bonds. The van der Waals surface area contributed by atoms with Gasteiger partial charge in [0.25, 0.3) is 0 Å². The molecule has 0 unspecified atom stereocenters. The molecule has 0 atom stereocenters. The summed E-state index contributed by atoms with van der Waals surface area (Å²) in [6.45, 7) is 58.9. The molecule has 4 aromatic rings. The van der Waals surface area contributed by atoms with E-state index >= 15 is 0 Å². The molecule has 2 radical (unpaired) electrons. The molecule has 4 heteroatoms. The first-order valence-corrected chi connectivity index (χ1v) is 28.2. The van der Waals surface area contributed by atoms with Crippen LogP contribution in [-0.2, 0) is 0 Å². The Kier molecular flexibility index (Phi) is 16.5. The van der Waals surface area contributed by atoms with Crippen molar-refractivity contribution in [2.24, 2.45) is 0 Å². The number of hydrogen-bond acceptors (Lipinski definition) is 0. The van der Waals surface area contributed by atoms with E-state index in [1.807, 2.05) is 0 Å². The second kappa shape index (κ2) is 19.8. The van der Waals surface area contributed by atoms with E-state index in [1.165, 1.54) is 28.1 Å². The molecule has 0 aliphatic rings. The Balaban J connectivity index is 2.65. The molecule has 2 nitrogen and oxygen atoms in total. The lowest BCUT2D eigenvalue weighted by molar-refractivity contribution is -0.704. The average Bonchev–Trinajstić information content (AvgIpc) is 3.41. The highest BCUT2D eigenvalue weighted by Crippen LogP contribution is 2.33. The van der Waals surface area contributed by atoms with Crippen molar-refractivity contribution in [1.82, 2.24) is 4.57 Å². The van der Waals surface area contributed by atoms with Crippen LogP contribution in [0.1, 0.15) is 279 Å². The Morgan fingerprint density at radius 3 is 0.817 bits per heavy atom. The highest BCUT2D eigenvalue weighted by atomic mass is 29.2. The van der Waals surface area contributed by atoms with Gasteiger partial charge in [-0.15, -0.1) is 0 Å². The molecule has 0 fully saturated rings. The van der Waals surface area contributed by atoms with Crippen molar-refractivity contribution >= 4 is 37.6 Å². The average molecular weight is 847 g/mol. The van der Waals surface area contributed by atoms with E-state index in [-0.39, 0.29) is 0 Å². The first kappa shape index (κ1) is 50.0. The highest BCUT2D eigenvalue weighted by Gasteiger charge is 2.49. The van der Waals surface area contributed by atoms with Crippen molar-refractivity contribution < 1.29 is 4.57 Å². The summed E-state index contributed by atoms with van der Waals surface area (Å²) >= 11 is 0. The molecule has 0 saturated carbocycles. The third-order valence-corrected chi connectivity index (χ3v) is 22.4. The van der Waals surface area contributed by atoms with Crippen molar-refractivity contribution in [2.45, 2.75) is 232 Å². The van der Waals surface area contributed by atoms with Crippen LogP contribution in [-0.4, -0.2) is 21.2 Å². The minimum Gasteiger partial charge on any atom is -0.235 e. The first-order valence-electron chi connectivity index (χ1n) is 24.2. The van der Waals surface area contributed by atoms with Gasteiger partial charge >= 0.3 is 0 Å². The van der Waals surface area contributed by atoms with Crippen molar-refractivity contribution in [3.05, 3.63) is 97.9 Å². The summed E-state index contributed by atoms with van der Waals surface area (Å²) in [5.74, 6) is 3.78. The molecule has 330 valence electrons. The van der Waals surface area contributed by atoms with E-state index in [4.69, 9.17) is 0 Å². The summed E-state index contributed by atoms with van der Waals surface area (Å²) in [5, 5.41) is 5.17. The van der Waals surface area contributed by atoms with E-state index in [1.54, 1.807) is 54.4 Å². The van der Waals surface area contributed by atoms with Crippen LogP contribution in [0.3, 0.4) is 0 Å². The lowest BCUT2D eigenvalue weighted by atomic mass is 9.89. The van der Waals surface area contributed by atoms with Gasteiger partial charge in [0.05, 0.1) is 12.1 Å². The summed E-state index contributed by atoms with van der Waals surface area (Å²) in [4.78, 5) is 0. The van der Waals surface area contributed by atoms with Gasteiger partial charge in [0, 0.05) is 13.8 Å². The third-order valence-electron chi connectivity index (χ3n) is 13.4. The van der Waals surface area contributed by atoms with Crippen molar-refractivity contribution in [1.29, 1.82) is 0 Å². The fraction of sp³-hybridized carbons (Fsp3) is 0.625. The number of nitrogens with zero attached hydrogens (tertiary/aromatic N) is 2. The van der Waals surface area contributed by atoms with Crippen LogP contribution in [0.4, 0.5) is 0 Å². The second-order valence-corrected chi connectivity index (χ2v) is 28.2. The Hall–Kier alpha value is -2.70. The molecular formula is C56H89N2Si2+. The van der Waals surface area contributed by atoms with E-state index < -0.39 is 16.6 Å². The van der Waals surface area contributed by atoms with Gasteiger partial charge in [-0.25, -0.2) is 9.13 Å². The van der Waals surface area contributed by atoms with Gasteiger partial charge in [-0.3, -0.25) is 0 Å². The molecular weight excluding hydrogens is 757 g/mol. The number of hydrogen-bond donors (Lipinski definition) is 0. The number of rotatable bonds is 16. The molecule has 4 rings (SSSR count). The van der Waals surface area contributed by atoms with E-state index in [9.17, 15) is 0 Å². The normalized spacial score (nSPS) is 12.9. The van der Waals surface area contributed by atoms with Crippen molar-refractivity contribution in [2.75, 3.05) is 0 Å². The number of imidazole rings is 1. The molecule has 0 spiro atoms. The minimum absolute atomic E-state index is 0.330. The van der Waals surface area contributed by atoms with Gasteiger partial charge in [0.2, 0.25) is 13.8 Å². The van der Waals surface area contributed by atoms with E-state index in [0.29, 0.717) is 65.3 Å². The second-order valence-electron chi connectivity index (χ2n) is 21.8. The third kappa shape index (κ3) is 9.75. The van der Waals surface area contributed by atoms with Gasteiger partial charge in [-0.2, -0.15) is 0 Å². The molecule has 0 saturated heterocycles. The van der Waals surface area contributed by atoms with Gasteiger partial charge in [-0.05, 0) is 136 Å². The zero-order valence-electron chi connectivity index (χ0n) is 43.2. The summed E-state index contributed by atoms with van der Waals surface area (Å²) in [7, 11) is -3.26. The summed E-state index contributed by atoms with van der Waals surface area (Å²) in [6.07, 6.45) is 0. The van der Waals surface area contributed by atoms with Gasteiger partial charge in [-0.1, -0.05) is 171 Å². The highest BCUT2D eigenvalue weighted by molar-refractivity contribution is 7.42. The van der Waals surface area contributed by atoms with E-state index in [0.717, 1.165) is 0 Å². The predicted molar refractivity (Wildman–Crippen MR) is 271 cm³/mol. The molecule has 0 aliphatic heterocycles. The van der Waals surface area contributed by atoms with Gasteiger partial charge in [0.1, 0.15) is 19.7 Å². The van der Waals surface area contributed by atoms with E-state index in [2.05, 4.69) is 212 Å². The number of benzene rings is 3. The summed E-state index contributed by atoms with van der Waals surface area (Å²) in [6, 6.07) is 16.7. The molecule has 3 aromatic carbocycles. The fourth-order valence-corrected chi connectivity index (χ4v) is 22.7. The minimum atomic E-state index is -1.64. The van der Waals surface area contributed by atoms with Crippen molar-refractivity contribution in [3.8, 4) is 0 Å². The monoisotopic (exact) mass is 846 g/mol. The van der Waals surface area contributed by atoms with Crippen LogP contribution in [0, 0.1) is 13.8 Å². The largest absolute Gasteiger partial charge is 0.235 e. The molecule has 1 aromatic heterocycles. The SMILES string of the molecule is Cc1c(C)[n+](C(C)C)c([Si](c2c(C(C)C)cc(C(C)C)cc2C(C)C)[Si](c2c(C(C)C)cc(C(C)C)cc2C(C)C)c2c(C(C)C)cc(C(C)C)cc2C(C)C)n1C(C)C. The van der Waals surface area contributed by atoms with Crippen LogP contribution in [0.15, 0.2) is 36.4 Å². The molecule has 0 N–H and O–H groups in total. The Morgan fingerprint density at radius 1 is 0.367 bits per heavy atom. The first-order chi connectivity index (χ1) is 27.8. The predicted octanol–water partition coefficient (Wildman–Crippen LogP) is 13.7. The lowest BCUT2D eigenvalue weighted by Gasteiger charge is -2.37. The summed E-state index contributed by atoms with van der Waals surface area (Å²) in [5.41, 5.74) is 18.5. The number of aromatic nitrogens is 2. The Labute approximate surface area is 374 Å². The van der Waals surface area contributed by atoms with Crippen LogP contribution in [0.5, 0.6) is 0 Å². The standard InChI is InChI=1S/C56H89N2Si2/c1-31(2)44-25-47(34(7)8)53(48(26-44)35(9)10)59(54-49(36(11)12)27-45(32(3)4)28-50(54)37(13)14)60(56-57(40(19)20)42(23)43(24)58(56)41(21)22)55-51(38(15)16)29-46(33(5)6)30-52(55)39(17)18/h25-41H,1-24H3/q+1.